The number of phenolic OH excluding ortho intramolecular Hbond substituents is 1. The first-order valence-corrected chi connectivity index (χ1v) is 6.03. The minimum absolute atomic E-state index is 0.0909. The lowest BCUT2D eigenvalue weighted by Gasteiger charge is -2.01. The third-order valence-electron chi connectivity index (χ3n) is 2.58. The summed E-state index contributed by atoms with van der Waals surface area (Å²) < 4.78 is 0.867. The Hall–Kier alpha value is -2.08. The van der Waals surface area contributed by atoms with Crippen molar-refractivity contribution in [3.63, 3.8) is 0 Å². The Morgan fingerprint density at radius 1 is 1.28 bits per heavy atom. The van der Waals surface area contributed by atoms with Crippen molar-refractivity contribution in [2.45, 2.75) is 0 Å². The molecule has 0 saturated heterocycles. The standard InChI is InChI=1S/C12H9BrN4O/c13-6-3-9-12(15-5-6)17-11(16-9)8-2-1-7(14)4-10(8)18/h1-5,18H,14H2,(H,15,16,17). The Labute approximate surface area is 111 Å². The fraction of sp³-hybridized carbons (Fsp3) is 0. The van der Waals surface area contributed by atoms with Crippen molar-refractivity contribution in [3.05, 3.63) is 34.9 Å². The van der Waals surface area contributed by atoms with Gasteiger partial charge < -0.3 is 15.8 Å². The van der Waals surface area contributed by atoms with Crippen LogP contribution in [0.1, 0.15) is 0 Å². The van der Waals surface area contributed by atoms with Gasteiger partial charge in [-0.1, -0.05) is 0 Å². The van der Waals surface area contributed by atoms with Gasteiger partial charge in [0.2, 0.25) is 0 Å². The molecule has 3 rings (SSSR count). The summed E-state index contributed by atoms with van der Waals surface area (Å²) in [5.41, 5.74) is 8.10. The normalized spacial score (nSPS) is 10.9. The molecule has 0 bridgehead atoms. The van der Waals surface area contributed by atoms with Crippen molar-refractivity contribution < 1.29 is 5.11 Å². The first-order chi connectivity index (χ1) is 8.63. The zero-order chi connectivity index (χ0) is 12.7. The third kappa shape index (κ3) is 1.80. The lowest BCUT2D eigenvalue weighted by atomic mass is 10.2. The van der Waals surface area contributed by atoms with Gasteiger partial charge in [0.15, 0.2) is 5.65 Å². The van der Waals surface area contributed by atoms with Crippen molar-refractivity contribution in [1.29, 1.82) is 0 Å². The Morgan fingerprint density at radius 2 is 2.11 bits per heavy atom. The number of nitrogen functional groups attached to an aromatic ring is 1. The average molecular weight is 305 g/mol. The number of hydrogen-bond donors (Lipinski definition) is 3. The van der Waals surface area contributed by atoms with E-state index in [0.717, 1.165) is 9.99 Å². The largest absolute Gasteiger partial charge is 0.507 e. The van der Waals surface area contributed by atoms with Gasteiger partial charge in [-0.25, -0.2) is 9.97 Å². The Bertz CT molecular complexity index is 738. The van der Waals surface area contributed by atoms with Crippen molar-refractivity contribution in [2.24, 2.45) is 0 Å². The summed E-state index contributed by atoms with van der Waals surface area (Å²) in [7, 11) is 0. The predicted octanol–water partition coefficient (Wildman–Crippen LogP) is 2.68. The van der Waals surface area contributed by atoms with Crippen LogP contribution in [0.5, 0.6) is 5.75 Å². The number of rotatable bonds is 1. The molecule has 4 N–H and O–H groups in total. The molecule has 18 heavy (non-hydrogen) atoms. The van der Waals surface area contributed by atoms with E-state index in [9.17, 15) is 5.11 Å². The summed E-state index contributed by atoms with van der Waals surface area (Å²) in [6.07, 6.45) is 1.68. The van der Waals surface area contributed by atoms with Crippen molar-refractivity contribution in [2.75, 3.05) is 5.73 Å². The second-order valence-electron chi connectivity index (χ2n) is 3.89. The van der Waals surface area contributed by atoms with Gasteiger partial charge in [-0.05, 0) is 34.1 Å². The zero-order valence-corrected chi connectivity index (χ0v) is 10.8. The van der Waals surface area contributed by atoms with Crippen LogP contribution in [0.15, 0.2) is 34.9 Å². The second-order valence-corrected chi connectivity index (χ2v) is 4.80. The lowest BCUT2D eigenvalue weighted by molar-refractivity contribution is 0.477. The molecule has 2 aromatic heterocycles. The summed E-state index contributed by atoms with van der Waals surface area (Å²) in [5, 5.41) is 9.85. The number of pyridine rings is 1. The highest BCUT2D eigenvalue weighted by molar-refractivity contribution is 9.10. The monoisotopic (exact) mass is 304 g/mol. The van der Waals surface area contributed by atoms with E-state index in [0.29, 0.717) is 22.7 Å². The van der Waals surface area contributed by atoms with E-state index in [4.69, 9.17) is 5.73 Å². The Morgan fingerprint density at radius 3 is 2.89 bits per heavy atom. The Kier molecular flexibility index (Phi) is 2.45. The van der Waals surface area contributed by atoms with Gasteiger partial charge in [-0.3, -0.25) is 0 Å². The minimum atomic E-state index is 0.0909. The van der Waals surface area contributed by atoms with Crippen LogP contribution < -0.4 is 5.73 Å². The highest BCUT2D eigenvalue weighted by Gasteiger charge is 2.10. The molecule has 5 nitrogen and oxygen atoms in total. The molecule has 0 amide bonds. The molecule has 0 atom stereocenters. The number of imidazole rings is 1. The number of nitrogens with two attached hydrogens (primary N) is 1. The maximum atomic E-state index is 9.85. The molecule has 0 unspecified atom stereocenters. The maximum absolute atomic E-state index is 9.85. The van der Waals surface area contributed by atoms with E-state index in [1.54, 1.807) is 18.3 Å². The quantitative estimate of drug-likeness (QED) is 0.603. The zero-order valence-electron chi connectivity index (χ0n) is 9.18. The van der Waals surface area contributed by atoms with Crippen LogP contribution >= 0.6 is 15.9 Å². The van der Waals surface area contributed by atoms with Crippen LogP contribution in [0.4, 0.5) is 5.69 Å². The molecular weight excluding hydrogens is 296 g/mol. The topological polar surface area (TPSA) is 87.8 Å². The van der Waals surface area contributed by atoms with Crippen molar-refractivity contribution in [3.8, 4) is 17.1 Å². The summed E-state index contributed by atoms with van der Waals surface area (Å²) >= 11 is 3.35. The number of nitrogens with zero attached hydrogens (tertiary/aromatic N) is 2. The number of aromatic amines is 1. The molecule has 0 fully saturated rings. The average Bonchev–Trinajstić information content (AvgIpc) is 2.71. The molecule has 0 aliphatic rings. The molecule has 3 aromatic rings. The van der Waals surface area contributed by atoms with Gasteiger partial charge in [0, 0.05) is 22.4 Å². The van der Waals surface area contributed by atoms with Crippen LogP contribution in [0.25, 0.3) is 22.6 Å². The summed E-state index contributed by atoms with van der Waals surface area (Å²) in [6.45, 7) is 0. The van der Waals surface area contributed by atoms with Crippen LogP contribution in [0.2, 0.25) is 0 Å². The number of nitrogens with one attached hydrogen (secondary N) is 1. The van der Waals surface area contributed by atoms with Gasteiger partial charge in [0.1, 0.15) is 11.6 Å². The molecule has 0 radical (unpaired) electrons. The SMILES string of the molecule is Nc1ccc(-c2nc3ncc(Br)cc3[nH]2)c(O)c1. The maximum Gasteiger partial charge on any atom is 0.178 e. The molecule has 1 aromatic carbocycles. The highest BCUT2D eigenvalue weighted by atomic mass is 79.9. The van der Waals surface area contributed by atoms with Crippen LogP contribution in [0, 0.1) is 0 Å². The third-order valence-corrected chi connectivity index (χ3v) is 3.01. The van der Waals surface area contributed by atoms with E-state index >= 15 is 0 Å². The number of hydrogen-bond acceptors (Lipinski definition) is 4. The number of fused-ring (bicyclic) bond motifs is 1. The second kappa shape index (κ2) is 3.99. The van der Waals surface area contributed by atoms with Gasteiger partial charge in [-0.2, -0.15) is 0 Å². The number of anilines is 1. The fourth-order valence-corrected chi connectivity index (χ4v) is 2.08. The molecule has 2 heterocycles. The number of benzene rings is 1. The molecule has 0 spiro atoms. The number of aromatic nitrogens is 3. The van der Waals surface area contributed by atoms with E-state index in [1.165, 1.54) is 6.07 Å². The summed E-state index contributed by atoms with van der Waals surface area (Å²) in [5.74, 6) is 0.654. The van der Waals surface area contributed by atoms with Gasteiger partial charge in [-0.15, -0.1) is 0 Å². The first kappa shape index (κ1) is 11.0. The molecule has 90 valence electrons. The number of halogens is 1. The van der Waals surface area contributed by atoms with Crippen LogP contribution in [-0.2, 0) is 0 Å². The van der Waals surface area contributed by atoms with Gasteiger partial charge in [0.25, 0.3) is 0 Å². The number of phenols is 1. The first-order valence-electron chi connectivity index (χ1n) is 5.23. The van der Waals surface area contributed by atoms with Gasteiger partial charge >= 0.3 is 0 Å². The van der Waals surface area contributed by atoms with Crippen molar-refractivity contribution >= 4 is 32.8 Å². The van der Waals surface area contributed by atoms with Crippen molar-refractivity contribution in [1.82, 2.24) is 15.0 Å². The highest BCUT2D eigenvalue weighted by Crippen LogP contribution is 2.30. The summed E-state index contributed by atoms with van der Waals surface area (Å²) in [4.78, 5) is 11.6. The predicted molar refractivity (Wildman–Crippen MR) is 73.1 cm³/mol. The fourth-order valence-electron chi connectivity index (χ4n) is 1.75. The molecular formula is C12H9BrN4O. The number of H-pyrrole nitrogens is 1. The molecule has 6 heteroatoms. The minimum Gasteiger partial charge on any atom is -0.507 e. The van der Waals surface area contributed by atoms with E-state index in [1.807, 2.05) is 6.07 Å². The van der Waals surface area contributed by atoms with Gasteiger partial charge in [0.05, 0.1) is 11.1 Å². The molecule has 0 aliphatic heterocycles. The van der Waals surface area contributed by atoms with E-state index < -0.39 is 0 Å². The Balaban J connectivity index is 2.19. The van der Waals surface area contributed by atoms with Crippen LogP contribution in [0.3, 0.4) is 0 Å². The number of aromatic hydroxyl groups is 1. The summed E-state index contributed by atoms with van der Waals surface area (Å²) in [6, 6.07) is 6.81. The molecule has 0 saturated carbocycles. The molecule has 0 aliphatic carbocycles. The smallest absolute Gasteiger partial charge is 0.178 e. The van der Waals surface area contributed by atoms with E-state index in [2.05, 4.69) is 30.9 Å². The van der Waals surface area contributed by atoms with E-state index in [-0.39, 0.29) is 5.75 Å². The lowest BCUT2D eigenvalue weighted by Crippen LogP contribution is -1.86. The van der Waals surface area contributed by atoms with Crippen LogP contribution in [-0.4, -0.2) is 20.1 Å².